The monoisotopic (exact) mass is 403 g/mol. The van der Waals surface area contributed by atoms with Gasteiger partial charge in [0, 0.05) is 11.8 Å². The number of nitrogens with one attached hydrogen (secondary N) is 1. The molecule has 4 aromatic rings. The van der Waals surface area contributed by atoms with E-state index in [1.807, 2.05) is 78.9 Å². The molecule has 0 aliphatic carbocycles. The standard InChI is InChI=1S/C21H17N5O2S/c27-20(15-29-21-23-24-25-26(21)17-9-3-1-4-10-17)22-16-8-7-13-19(14-16)28-18-11-5-2-6-12-18/h1-14H,15H2,(H,22,27). The van der Waals surface area contributed by atoms with Crippen LogP contribution in [0, 0.1) is 0 Å². The minimum atomic E-state index is -0.158. The van der Waals surface area contributed by atoms with E-state index in [-0.39, 0.29) is 11.7 Å². The predicted molar refractivity (Wildman–Crippen MR) is 111 cm³/mol. The molecule has 0 fully saturated rings. The Bertz CT molecular complexity index is 1090. The Morgan fingerprint density at radius 2 is 1.66 bits per heavy atom. The third kappa shape index (κ3) is 4.99. The fraction of sp³-hybridized carbons (Fsp3) is 0.0476. The first kappa shape index (κ1) is 18.7. The first-order valence-corrected chi connectivity index (χ1v) is 9.86. The Hall–Kier alpha value is -3.65. The van der Waals surface area contributed by atoms with Crippen LogP contribution in [0.4, 0.5) is 5.69 Å². The average Bonchev–Trinajstić information content (AvgIpc) is 3.23. The summed E-state index contributed by atoms with van der Waals surface area (Å²) >= 11 is 1.27. The maximum Gasteiger partial charge on any atom is 0.234 e. The summed E-state index contributed by atoms with van der Waals surface area (Å²) in [6.45, 7) is 0. The molecule has 0 saturated carbocycles. The summed E-state index contributed by atoms with van der Waals surface area (Å²) < 4.78 is 7.40. The van der Waals surface area contributed by atoms with Gasteiger partial charge in [-0.3, -0.25) is 4.79 Å². The fourth-order valence-electron chi connectivity index (χ4n) is 2.59. The van der Waals surface area contributed by atoms with Crippen LogP contribution in [0.2, 0.25) is 0 Å². The van der Waals surface area contributed by atoms with Crippen molar-refractivity contribution in [3.05, 3.63) is 84.9 Å². The van der Waals surface area contributed by atoms with E-state index in [4.69, 9.17) is 4.74 Å². The van der Waals surface area contributed by atoms with E-state index in [1.165, 1.54) is 11.8 Å². The van der Waals surface area contributed by atoms with Gasteiger partial charge in [0.25, 0.3) is 0 Å². The first-order valence-electron chi connectivity index (χ1n) is 8.87. The number of carbonyl (C=O) groups is 1. The highest BCUT2D eigenvalue weighted by atomic mass is 32.2. The van der Waals surface area contributed by atoms with Gasteiger partial charge in [-0.25, -0.2) is 0 Å². The Morgan fingerprint density at radius 1 is 0.931 bits per heavy atom. The number of nitrogens with zero attached hydrogens (tertiary/aromatic N) is 4. The third-order valence-electron chi connectivity index (χ3n) is 3.87. The molecule has 0 aliphatic heterocycles. The van der Waals surface area contributed by atoms with Gasteiger partial charge in [0.2, 0.25) is 11.1 Å². The lowest BCUT2D eigenvalue weighted by atomic mass is 10.3. The number of aromatic nitrogens is 4. The maximum atomic E-state index is 12.4. The van der Waals surface area contributed by atoms with E-state index in [2.05, 4.69) is 20.8 Å². The Morgan fingerprint density at radius 3 is 2.45 bits per heavy atom. The number of benzene rings is 3. The average molecular weight is 403 g/mol. The first-order chi connectivity index (χ1) is 14.3. The minimum absolute atomic E-state index is 0.158. The van der Waals surface area contributed by atoms with Crippen LogP contribution in [0.15, 0.2) is 90.1 Å². The van der Waals surface area contributed by atoms with Crippen molar-refractivity contribution in [2.75, 3.05) is 11.1 Å². The number of hydrogen-bond acceptors (Lipinski definition) is 6. The summed E-state index contributed by atoms with van der Waals surface area (Å²) in [4.78, 5) is 12.4. The molecule has 8 heteroatoms. The maximum absolute atomic E-state index is 12.4. The second kappa shape index (κ2) is 9.03. The summed E-state index contributed by atoms with van der Waals surface area (Å²) in [5.41, 5.74) is 1.50. The summed E-state index contributed by atoms with van der Waals surface area (Å²) in [6, 6.07) is 26.3. The van der Waals surface area contributed by atoms with Crippen LogP contribution >= 0.6 is 11.8 Å². The fourth-order valence-corrected chi connectivity index (χ4v) is 3.28. The van der Waals surface area contributed by atoms with Crippen LogP contribution in [0.5, 0.6) is 11.5 Å². The largest absolute Gasteiger partial charge is 0.457 e. The number of thioether (sulfide) groups is 1. The number of para-hydroxylation sites is 2. The van der Waals surface area contributed by atoms with E-state index in [0.717, 1.165) is 11.4 Å². The van der Waals surface area contributed by atoms with E-state index >= 15 is 0 Å². The molecule has 0 radical (unpaired) electrons. The van der Waals surface area contributed by atoms with E-state index in [0.29, 0.717) is 16.6 Å². The smallest absolute Gasteiger partial charge is 0.234 e. The molecule has 1 N–H and O–H groups in total. The van der Waals surface area contributed by atoms with Crippen molar-refractivity contribution in [1.82, 2.24) is 20.2 Å². The van der Waals surface area contributed by atoms with Crippen LogP contribution in [0.1, 0.15) is 0 Å². The van der Waals surface area contributed by atoms with Crippen molar-refractivity contribution in [2.45, 2.75) is 5.16 Å². The highest BCUT2D eigenvalue weighted by Gasteiger charge is 2.12. The molecule has 29 heavy (non-hydrogen) atoms. The number of anilines is 1. The van der Waals surface area contributed by atoms with Crippen molar-refractivity contribution in [3.63, 3.8) is 0 Å². The molecular formula is C21H17N5O2S. The zero-order valence-electron chi connectivity index (χ0n) is 15.3. The number of hydrogen-bond donors (Lipinski definition) is 1. The van der Waals surface area contributed by atoms with Crippen LogP contribution in [-0.4, -0.2) is 31.9 Å². The predicted octanol–water partition coefficient (Wildman–Crippen LogP) is 4.19. The summed E-state index contributed by atoms with van der Waals surface area (Å²) in [5.74, 6) is 1.40. The number of ether oxygens (including phenoxy) is 1. The Labute approximate surface area is 171 Å². The van der Waals surface area contributed by atoms with Gasteiger partial charge in [-0.05, 0) is 46.8 Å². The molecule has 0 aliphatic rings. The normalized spacial score (nSPS) is 10.5. The van der Waals surface area contributed by atoms with Crippen molar-refractivity contribution in [1.29, 1.82) is 0 Å². The molecule has 0 atom stereocenters. The topological polar surface area (TPSA) is 81.9 Å². The van der Waals surface area contributed by atoms with Gasteiger partial charge in [-0.15, -0.1) is 5.10 Å². The third-order valence-corrected chi connectivity index (χ3v) is 4.79. The Kier molecular flexibility index (Phi) is 5.82. The minimum Gasteiger partial charge on any atom is -0.457 e. The lowest BCUT2D eigenvalue weighted by Crippen LogP contribution is -2.14. The molecule has 0 spiro atoms. The summed E-state index contributed by atoms with van der Waals surface area (Å²) in [5, 5.41) is 15.1. The number of amides is 1. The molecule has 7 nitrogen and oxygen atoms in total. The van der Waals surface area contributed by atoms with Gasteiger partial charge in [-0.2, -0.15) is 4.68 Å². The lowest BCUT2D eigenvalue weighted by molar-refractivity contribution is -0.113. The molecule has 0 saturated heterocycles. The van der Waals surface area contributed by atoms with Gasteiger partial charge in [0.15, 0.2) is 0 Å². The Balaban J connectivity index is 1.36. The number of carbonyl (C=O) groups excluding carboxylic acids is 1. The molecule has 144 valence electrons. The molecule has 0 bridgehead atoms. The molecule has 1 aromatic heterocycles. The molecule has 1 heterocycles. The lowest BCUT2D eigenvalue weighted by Gasteiger charge is -2.09. The summed E-state index contributed by atoms with van der Waals surface area (Å²) in [7, 11) is 0. The van der Waals surface area contributed by atoms with Crippen LogP contribution in [0.25, 0.3) is 5.69 Å². The molecule has 1 amide bonds. The number of tetrazole rings is 1. The summed E-state index contributed by atoms with van der Waals surface area (Å²) in [6.07, 6.45) is 0. The molecule has 0 unspecified atom stereocenters. The number of rotatable bonds is 7. The SMILES string of the molecule is O=C(CSc1nnnn1-c1ccccc1)Nc1cccc(Oc2ccccc2)c1. The van der Waals surface area contributed by atoms with Gasteiger partial charge in [0.1, 0.15) is 11.5 Å². The van der Waals surface area contributed by atoms with E-state index in [1.54, 1.807) is 10.7 Å². The van der Waals surface area contributed by atoms with E-state index < -0.39 is 0 Å². The second-order valence-electron chi connectivity index (χ2n) is 5.99. The van der Waals surface area contributed by atoms with Crippen molar-refractivity contribution >= 4 is 23.4 Å². The van der Waals surface area contributed by atoms with Crippen molar-refractivity contribution < 1.29 is 9.53 Å². The second-order valence-corrected chi connectivity index (χ2v) is 6.93. The van der Waals surface area contributed by atoms with Crippen LogP contribution in [-0.2, 0) is 4.79 Å². The molecule has 3 aromatic carbocycles. The highest BCUT2D eigenvalue weighted by Crippen LogP contribution is 2.24. The highest BCUT2D eigenvalue weighted by molar-refractivity contribution is 7.99. The zero-order chi connectivity index (χ0) is 19.9. The van der Waals surface area contributed by atoms with Gasteiger partial charge in [0.05, 0.1) is 11.4 Å². The molecule has 4 rings (SSSR count). The zero-order valence-corrected chi connectivity index (χ0v) is 16.1. The van der Waals surface area contributed by atoms with Crippen LogP contribution in [0.3, 0.4) is 0 Å². The van der Waals surface area contributed by atoms with Gasteiger partial charge in [-0.1, -0.05) is 54.2 Å². The van der Waals surface area contributed by atoms with Gasteiger partial charge < -0.3 is 10.1 Å². The van der Waals surface area contributed by atoms with Gasteiger partial charge >= 0.3 is 0 Å². The van der Waals surface area contributed by atoms with Crippen molar-refractivity contribution in [2.24, 2.45) is 0 Å². The van der Waals surface area contributed by atoms with Crippen LogP contribution < -0.4 is 10.1 Å². The quantitative estimate of drug-likeness (QED) is 0.466. The molecular weight excluding hydrogens is 386 g/mol. The van der Waals surface area contributed by atoms with E-state index in [9.17, 15) is 4.79 Å². The van der Waals surface area contributed by atoms with Crippen molar-refractivity contribution in [3.8, 4) is 17.2 Å².